The van der Waals surface area contributed by atoms with Gasteiger partial charge in [0.2, 0.25) is 5.28 Å². The summed E-state index contributed by atoms with van der Waals surface area (Å²) < 4.78 is 8.62. The van der Waals surface area contributed by atoms with Crippen LogP contribution in [0.15, 0.2) is 155 Å². The smallest absolute Gasteiger partial charge is 0.318 e. The number of aromatic nitrogens is 8. The molecule has 0 fully saturated rings. The quantitative estimate of drug-likeness (QED) is 0.133. The lowest BCUT2D eigenvalue weighted by Crippen LogP contribution is -2.26. The Hall–Kier alpha value is -7.45. The fourth-order valence-electron chi connectivity index (χ4n) is 7.74. The maximum absolute atomic E-state index is 13.6. The highest BCUT2D eigenvalue weighted by Gasteiger charge is 2.22. The minimum Gasteiger partial charge on any atom is -0.467 e. The molecule has 13 nitrogen and oxygen atoms in total. The Morgan fingerprint density at radius 1 is 0.537 bits per heavy atom. The van der Waals surface area contributed by atoms with Crippen molar-refractivity contribution in [2.45, 2.75) is 40.8 Å². The van der Waals surface area contributed by atoms with E-state index in [0.717, 1.165) is 33.5 Å². The van der Waals surface area contributed by atoms with E-state index in [0.29, 0.717) is 54.5 Å². The largest absolute Gasteiger partial charge is 0.467 e. The number of para-hydroxylation sites is 2. The van der Waals surface area contributed by atoms with Crippen molar-refractivity contribution in [3.8, 4) is 17.4 Å². The van der Waals surface area contributed by atoms with E-state index < -0.39 is 0 Å². The number of rotatable bonds is 9. The van der Waals surface area contributed by atoms with E-state index in [-0.39, 0.29) is 49.3 Å². The number of nitrogens with one attached hydrogen (secondary N) is 2. The van der Waals surface area contributed by atoms with Crippen LogP contribution in [0.2, 0.25) is 15.3 Å². The highest BCUT2D eigenvalue weighted by Crippen LogP contribution is 2.31. The maximum atomic E-state index is 13.6. The number of fused-ring (bicyclic) bond motifs is 4. The fraction of sp³-hybridized carbons (Fsp3) is 0.137. The van der Waals surface area contributed by atoms with E-state index >= 15 is 0 Å². The summed E-state index contributed by atoms with van der Waals surface area (Å²) in [5.41, 5.74) is 5.12. The lowest BCUT2D eigenvalue weighted by atomic mass is 10.1. The molecule has 0 spiro atoms. The lowest BCUT2D eigenvalue weighted by molar-refractivity contribution is 0.382. The van der Waals surface area contributed by atoms with Crippen molar-refractivity contribution in [1.82, 2.24) is 39.0 Å². The predicted molar refractivity (Wildman–Crippen MR) is 273 cm³/mol. The number of hydrogen-bond acceptors (Lipinski definition) is 11. The van der Waals surface area contributed by atoms with Gasteiger partial charge in [-0.25, -0.2) is 4.98 Å². The van der Waals surface area contributed by atoms with Gasteiger partial charge in [0, 0.05) is 35.2 Å². The number of benzene rings is 4. The minimum absolute atomic E-state index is 0. The van der Waals surface area contributed by atoms with Gasteiger partial charge in [0.25, 0.3) is 11.1 Å². The molecule has 0 saturated heterocycles. The monoisotopic (exact) mass is 950 g/mol. The second-order valence-electron chi connectivity index (χ2n) is 14.9. The van der Waals surface area contributed by atoms with Crippen LogP contribution in [-0.4, -0.2) is 46.1 Å². The number of ether oxygens (including phenoxy) is 1. The molecule has 67 heavy (non-hydrogen) atoms. The molecule has 16 heteroatoms. The first-order valence-electron chi connectivity index (χ1n) is 20.4. The third-order valence-corrected chi connectivity index (χ3v) is 11.5. The van der Waals surface area contributed by atoms with Gasteiger partial charge in [-0.1, -0.05) is 98.7 Å². The molecule has 6 heterocycles. The van der Waals surface area contributed by atoms with Gasteiger partial charge in [-0.3, -0.25) is 28.7 Å². The Balaban J connectivity index is 0.000000193. The van der Waals surface area contributed by atoms with Crippen molar-refractivity contribution in [2.24, 2.45) is 0 Å². The van der Waals surface area contributed by atoms with Crippen molar-refractivity contribution < 1.29 is 4.74 Å². The molecule has 0 unspecified atom stereocenters. The zero-order valence-corrected chi connectivity index (χ0v) is 37.2. The van der Waals surface area contributed by atoms with Crippen LogP contribution in [0.4, 0.5) is 11.6 Å². The number of nitrogens with zero attached hydrogens (tertiary/aromatic N) is 8. The van der Waals surface area contributed by atoms with E-state index in [2.05, 4.69) is 40.5 Å². The van der Waals surface area contributed by atoms with Crippen molar-refractivity contribution in [2.75, 3.05) is 17.7 Å². The number of hydrogen-bond donors (Lipinski definition) is 2. The van der Waals surface area contributed by atoms with Crippen molar-refractivity contribution in [1.29, 1.82) is 0 Å². The lowest BCUT2D eigenvalue weighted by Gasteiger charge is -2.22. The van der Waals surface area contributed by atoms with E-state index in [1.807, 2.05) is 129 Å². The summed E-state index contributed by atoms with van der Waals surface area (Å²) in [6.45, 7) is 3.92. The zero-order valence-electron chi connectivity index (χ0n) is 34.9. The second-order valence-corrected chi connectivity index (χ2v) is 16.0. The second kappa shape index (κ2) is 20.4. The van der Waals surface area contributed by atoms with Crippen LogP contribution in [0.1, 0.15) is 52.2 Å². The predicted octanol–water partition coefficient (Wildman–Crippen LogP) is 12.2. The van der Waals surface area contributed by atoms with Gasteiger partial charge in [-0.2, -0.15) is 15.0 Å². The highest BCUT2D eigenvalue weighted by atomic mass is 35.5. The Labute approximate surface area is 401 Å². The first-order valence-corrected chi connectivity index (χ1v) is 21.5. The Kier molecular flexibility index (Phi) is 14.5. The van der Waals surface area contributed by atoms with Gasteiger partial charge < -0.3 is 15.4 Å². The number of methoxy groups -OCH3 is 1. The van der Waals surface area contributed by atoms with Crippen molar-refractivity contribution in [3.63, 3.8) is 0 Å². The summed E-state index contributed by atoms with van der Waals surface area (Å²) in [5, 5.41) is 10.2. The number of pyridine rings is 4. The molecule has 0 saturated carbocycles. The standard InChI is InChI=1S/C25H20ClN5O2.C24H17Cl2N5O.2CH4/c1-15(28-23-22-19(12-7-13-27-22)29-25(30-23)33-2)20-14-16-8-6-11-18(26)21(16)24(32)31(20)17-9-4-3-5-10-17;1-14(28-22-21-18(11-6-12-27-21)29-24(26)30-22)19-13-15-7-5-10-17(25)20(15)23(32)31(19)16-8-3-2-4-9-16;;/h3-15H,1-2H3,(H,28,29,30);2-14H,1H3,(H,28,29,30);2*1H4/t15-;14-;;/m00../s1. The molecule has 0 aliphatic heterocycles. The van der Waals surface area contributed by atoms with Gasteiger partial charge in [-0.15, -0.1) is 0 Å². The number of anilines is 2. The normalized spacial score (nSPS) is 11.8. The molecule has 0 aliphatic carbocycles. The third-order valence-electron chi connectivity index (χ3n) is 10.7. The Bertz CT molecular complexity index is 3520. The van der Waals surface area contributed by atoms with Crippen LogP contribution in [0, 0.1) is 0 Å². The molecule has 0 aliphatic rings. The maximum Gasteiger partial charge on any atom is 0.318 e. The van der Waals surface area contributed by atoms with E-state index in [9.17, 15) is 9.59 Å². The highest BCUT2D eigenvalue weighted by molar-refractivity contribution is 6.35. The van der Waals surface area contributed by atoms with E-state index in [1.54, 1.807) is 39.7 Å². The molecule has 10 rings (SSSR count). The van der Waals surface area contributed by atoms with Crippen molar-refractivity contribution in [3.05, 3.63) is 193 Å². The molecule has 10 aromatic rings. The summed E-state index contributed by atoms with van der Waals surface area (Å²) in [6.07, 6.45) is 3.36. The molecule has 4 aromatic carbocycles. The Morgan fingerprint density at radius 3 is 1.45 bits per heavy atom. The van der Waals surface area contributed by atoms with Crippen LogP contribution in [0.25, 0.3) is 55.0 Å². The molecule has 6 aromatic heterocycles. The van der Waals surface area contributed by atoms with Crippen molar-refractivity contribution >= 4 is 90.1 Å². The molecular formula is C51H45Cl3N10O3. The molecular weight excluding hydrogens is 907 g/mol. The topological polar surface area (TPSA) is 155 Å². The average molecular weight is 952 g/mol. The van der Waals surface area contributed by atoms with Crippen LogP contribution in [-0.2, 0) is 0 Å². The molecule has 2 N–H and O–H groups in total. The minimum atomic E-state index is -0.317. The van der Waals surface area contributed by atoms with Gasteiger partial charge in [0.05, 0.1) is 51.0 Å². The van der Waals surface area contributed by atoms with Gasteiger partial charge in [0.1, 0.15) is 11.0 Å². The third kappa shape index (κ3) is 9.48. The summed E-state index contributed by atoms with van der Waals surface area (Å²) >= 11 is 19.0. The fourth-order valence-corrected chi connectivity index (χ4v) is 8.44. The molecule has 0 amide bonds. The molecule has 0 radical (unpaired) electrons. The average Bonchev–Trinajstić information content (AvgIpc) is 3.32. The van der Waals surface area contributed by atoms with E-state index in [4.69, 9.17) is 39.5 Å². The Morgan fingerprint density at radius 2 is 0.985 bits per heavy atom. The van der Waals surface area contributed by atoms with Gasteiger partial charge in [0.15, 0.2) is 11.6 Å². The molecule has 2 atom stereocenters. The molecule has 0 bridgehead atoms. The summed E-state index contributed by atoms with van der Waals surface area (Å²) in [7, 11) is 1.52. The molecule has 338 valence electrons. The first kappa shape index (κ1) is 47.5. The van der Waals surface area contributed by atoms with Crippen LogP contribution < -0.4 is 26.5 Å². The van der Waals surface area contributed by atoms with Gasteiger partial charge in [-0.05, 0) is 109 Å². The first-order chi connectivity index (χ1) is 31.6. The summed E-state index contributed by atoms with van der Waals surface area (Å²) in [6, 6.07) is 40.7. The van der Waals surface area contributed by atoms with Crippen LogP contribution in [0.3, 0.4) is 0 Å². The van der Waals surface area contributed by atoms with Crippen LogP contribution in [0.5, 0.6) is 6.01 Å². The summed E-state index contributed by atoms with van der Waals surface area (Å²) in [4.78, 5) is 53.4. The van der Waals surface area contributed by atoms with E-state index in [1.165, 1.54) is 7.11 Å². The SMILES string of the molecule is C.C.COc1nc(N[C@@H](C)c2cc3cccc(Cl)c3c(=O)n2-c2ccccc2)c2ncccc2n1.C[C@H](Nc1nc(Cl)nc2cccnc12)c1cc2cccc(Cl)c2c(=O)n1-c1ccccc1. The van der Waals surface area contributed by atoms with Gasteiger partial charge >= 0.3 is 6.01 Å². The van der Waals surface area contributed by atoms with Crippen LogP contribution >= 0.6 is 34.8 Å². The zero-order chi connectivity index (χ0) is 45.2. The number of halogens is 3. The summed E-state index contributed by atoms with van der Waals surface area (Å²) in [5.74, 6) is 1.01.